The minimum Gasteiger partial charge on any atom is -0.481 e. The second-order valence-electron chi connectivity index (χ2n) is 7.82. The van der Waals surface area contributed by atoms with Gasteiger partial charge in [-0.25, -0.2) is 13.2 Å². The molecule has 2 atom stereocenters. The molecular formula is C21H23F3N3O4S+. The normalized spacial score (nSPS) is 20.1. The van der Waals surface area contributed by atoms with Crippen molar-refractivity contribution >= 4 is 29.5 Å². The summed E-state index contributed by atoms with van der Waals surface area (Å²) in [5.41, 5.74) is -0.152. The van der Waals surface area contributed by atoms with Crippen molar-refractivity contribution in [3.8, 4) is 6.57 Å². The van der Waals surface area contributed by atoms with Crippen LogP contribution < -0.4 is 0 Å². The molecule has 32 heavy (non-hydrogen) atoms. The number of benzene rings is 1. The van der Waals surface area contributed by atoms with E-state index in [2.05, 4.69) is 4.85 Å². The molecule has 2 heterocycles. The van der Waals surface area contributed by atoms with E-state index in [0.717, 1.165) is 0 Å². The molecule has 0 aromatic heterocycles. The molecule has 0 bridgehead atoms. The Morgan fingerprint density at radius 1 is 1.12 bits per heavy atom. The van der Waals surface area contributed by atoms with Crippen LogP contribution in [0.5, 0.6) is 0 Å². The van der Waals surface area contributed by atoms with Gasteiger partial charge >= 0.3 is 5.97 Å². The number of hydrogen-bond donors (Lipinski definition) is 1. The third-order valence-corrected chi connectivity index (χ3v) is 6.93. The SMILES string of the molecule is C#[N+][C@@H](CC(=O)N1CCSC1C(=O)N1CCC(C(=O)O)CC1)Cc1cc(F)c(F)cc1F. The number of thioether (sulfide) groups is 1. The number of likely N-dealkylation sites (tertiary alicyclic amines) is 1. The van der Waals surface area contributed by atoms with Crippen molar-refractivity contribution in [2.45, 2.75) is 37.1 Å². The van der Waals surface area contributed by atoms with Crippen LogP contribution in [0.3, 0.4) is 0 Å². The maximum atomic E-state index is 13.9. The first kappa shape index (κ1) is 23.9. The van der Waals surface area contributed by atoms with Crippen LogP contribution in [0.4, 0.5) is 13.2 Å². The highest BCUT2D eigenvalue weighted by Gasteiger charge is 2.40. The lowest BCUT2D eigenvalue weighted by Gasteiger charge is -2.34. The summed E-state index contributed by atoms with van der Waals surface area (Å²) in [7, 11) is 0. The van der Waals surface area contributed by atoms with E-state index in [0.29, 0.717) is 50.4 Å². The second kappa shape index (κ2) is 10.3. The average Bonchev–Trinajstić information content (AvgIpc) is 3.26. The molecule has 3 rings (SSSR count). The van der Waals surface area contributed by atoms with Gasteiger partial charge < -0.3 is 14.9 Å². The van der Waals surface area contributed by atoms with Gasteiger partial charge in [0.05, 0.1) is 12.3 Å². The summed E-state index contributed by atoms with van der Waals surface area (Å²) in [6, 6.07) is 0.264. The van der Waals surface area contributed by atoms with Crippen molar-refractivity contribution in [2.24, 2.45) is 5.92 Å². The third kappa shape index (κ3) is 5.35. The van der Waals surface area contributed by atoms with Crippen molar-refractivity contribution < 1.29 is 32.7 Å². The third-order valence-electron chi connectivity index (χ3n) is 5.74. The number of carboxylic acid groups (broad SMARTS) is 1. The van der Waals surface area contributed by atoms with E-state index >= 15 is 0 Å². The first-order valence-electron chi connectivity index (χ1n) is 10.2. The topological polar surface area (TPSA) is 82.3 Å². The number of amides is 2. The quantitative estimate of drug-likeness (QED) is 0.647. The molecule has 0 aliphatic carbocycles. The highest BCUT2D eigenvalue weighted by Crippen LogP contribution is 2.29. The molecule has 1 aromatic rings. The zero-order chi connectivity index (χ0) is 23.4. The lowest BCUT2D eigenvalue weighted by atomic mass is 9.97. The number of piperidine rings is 1. The molecule has 0 saturated carbocycles. The molecule has 1 unspecified atom stereocenters. The van der Waals surface area contributed by atoms with Crippen molar-refractivity contribution in [1.29, 1.82) is 0 Å². The smallest absolute Gasteiger partial charge is 0.306 e. The van der Waals surface area contributed by atoms with Crippen molar-refractivity contribution in [3.05, 3.63) is 40.0 Å². The van der Waals surface area contributed by atoms with Crippen LogP contribution in [0, 0.1) is 29.9 Å². The number of carboxylic acids is 1. The Kier molecular flexibility index (Phi) is 7.66. The van der Waals surface area contributed by atoms with Crippen molar-refractivity contribution in [3.63, 3.8) is 0 Å². The Hall–Kier alpha value is -2.74. The predicted molar refractivity (Wildman–Crippen MR) is 112 cm³/mol. The lowest BCUT2D eigenvalue weighted by molar-refractivity contribution is -0.147. The van der Waals surface area contributed by atoms with E-state index in [9.17, 15) is 27.6 Å². The summed E-state index contributed by atoms with van der Waals surface area (Å²) in [6.07, 6.45) is 0.300. The van der Waals surface area contributed by atoms with E-state index in [-0.39, 0.29) is 24.3 Å². The van der Waals surface area contributed by atoms with Gasteiger partial charge in [-0.05, 0) is 24.5 Å². The van der Waals surface area contributed by atoms with Gasteiger partial charge in [-0.2, -0.15) is 0 Å². The highest BCUT2D eigenvalue weighted by molar-refractivity contribution is 8.00. The Morgan fingerprint density at radius 3 is 2.41 bits per heavy atom. The zero-order valence-electron chi connectivity index (χ0n) is 17.2. The van der Waals surface area contributed by atoms with Crippen LogP contribution in [0.15, 0.2) is 12.1 Å². The van der Waals surface area contributed by atoms with E-state index in [1.165, 1.54) is 16.7 Å². The summed E-state index contributed by atoms with van der Waals surface area (Å²) < 4.78 is 40.5. The van der Waals surface area contributed by atoms with Gasteiger partial charge in [-0.15, -0.1) is 11.8 Å². The molecule has 11 heteroatoms. The number of aliphatic carboxylic acids is 1. The molecule has 0 radical (unpaired) electrons. The number of rotatable bonds is 6. The second-order valence-corrected chi connectivity index (χ2v) is 9.01. The molecule has 172 valence electrons. The van der Waals surface area contributed by atoms with Crippen LogP contribution in [0.1, 0.15) is 24.8 Å². The number of carbonyl (C=O) groups excluding carboxylic acids is 2. The first-order valence-corrected chi connectivity index (χ1v) is 11.2. The van der Waals surface area contributed by atoms with E-state index < -0.39 is 46.7 Å². The summed E-state index contributed by atoms with van der Waals surface area (Å²) >= 11 is 1.32. The van der Waals surface area contributed by atoms with Crippen molar-refractivity contribution in [2.75, 3.05) is 25.4 Å². The number of nitrogens with zero attached hydrogens (tertiary/aromatic N) is 3. The average molecular weight is 470 g/mol. The fraction of sp³-hybridized carbons (Fsp3) is 0.524. The number of carbonyl (C=O) groups is 3. The Balaban J connectivity index is 1.62. The van der Waals surface area contributed by atoms with Gasteiger partial charge in [0.15, 0.2) is 17.0 Å². The van der Waals surface area contributed by atoms with Gasteiger partial charge in [0.25, 0.3) is 18.5 Å². The summed E-state index contributed by atoms with van der Waals surface area (Å²) in [5.74, 6) is -4.94. The minimum absolute atomic E-state index is 0.152. The van der Waals surface area contributed by atoms with Crippen LogP contribution >= 0.6 is 11.8 Å². The lowest BCUT2D eigenvalue weighted by Crippen LogP contribution is -2.49. The molecule has 0 spiro atoms. The predicted octanol–water partition coefficient (Wildman–Crippen LogP) is 2.59. The largest absolute Gasteiger partial charge is 0.481 e. The monoisotopic (exact) mass is 470 g/mol. The fourth-order valence-corrected chi connectivity index (χ4v) is 5.12. The highest BCUT2D eigenvalue weighted by atomic mass is 32.2. The standard InChI is InChI=1S/C21H22F3N3O4S/c1-25-14(8-13-9-16(23)17(24)11-15(13)22)10-18(28)27-6-7-32-20(27)19(29)26-4-2-12(3-5-26)21(30)31/h1,9,11-12,14,20H,2-8,10H2/p+1/t14-,20?/m1/s1. The summed E-state index contributed by atoms with van der Waals surface area (Å²) in [4.78, 5) is 43.5. The van der Waals surface area contributed by atoms with Crippen molar-refractivity contribution in [1.82, 2.24) is 9.80 Å². The number of halogens is 3. The van der Waals surface area contributed by atoms with E-state index in [1.807, 2.05) is 0 Å². The molecule has 1 aromatic carbocycles. The molecule has 2 amide bonds. The molecule has 2 fully saturated rings. The van der Waals surface area contributed by atoms with Gasteiger partial charge in [-0.3, -0.25) is 14.4 Å². The summed E-state index contributed by atoms with van der Waals surface area (Å²) in [5, 5.41) is 8.37. The Labute approximate surface area is 187 Å². The summed E-state index contributed by atoms with van der Waals surface area (Å²) in [6.45, 7) is 6.33. The Bertz CT molecular complexity index is 947. The minimum atomic E-state index is -1.31. The maximum absolute atomic E-state index is 13.9. The van der Waals surface area contributed by atoms with Crippen LogP contribution in [-0.2, 0) is 20.8 Å². The van der Waals surface area contributed by atoms with Gasteiger partial charge in [0.1, 0.15) is 12.2 Å². The molecule has 7 nitrogen and oxygen atoms in total. The van der Waals surface area contributed by atoms with Gasteiger partial charge in [0, 0.05) is 31.5 Å². The Morgan fingerprint density at radius 2 is 1.78 bits per heavy atom. The van der Waals surface area contributed by atoms with E-state index in [1.54, 1.807) is 4.90 Å². The molecular weight excluding hydrogens is 447 g/mol. The van der Waals surface area contributed by atoms with Crippen LogP contribution in [-0.4, -0.2) is 69.5 Å². The maximum Gasteiger partial charge on any atom is 0.306 e. The number of hydrogen-bond acceptors (Lipinski definition) is 4. The molecule has 2 saturated heterocycles. The molecule has 1 N–H and O–H groups in total. The fourth-order valence-electron chi connectivity index (χ4n) is 3.90. The van der Waals surface area contributed by atoms with Crippen LogP contribution in [0.2, 0.25) is 0 Å². The zero-order valence-corrected chi connectivity index (χ0v) is 18.0. The van der Waals surface area contributed by atoms with Gasteiger partial charge in [-0.1, -0.05) is 4.85 Å². The molecule has 2 aliphatic heterocycles. The van der Waals surface area contributed by atoms with Crippen LogP contribution in [0.25, 0.3) is 4.85 Å². The van der Waals surface area contributed by atoms with Gasteiger partial charge in [0.2, 0.25) is 5.91 Å². The first-order chi connectivity index (χ1) is 15.2. The van der Waals surface area contributed by atoms with E-state index in [4.69, 9.17) is 11.7 Å². The molecule has 2 aliphatic rings.